The van der Waals surface area contributed by atoms with Gasteiger partial charge in [0, 0.05) is 29.0 Å². The topological polar surface area (TPSA) is 190 Å². The zero-order valence-electron chi connectivity index (χ0n) is 40.5. The number of hydrogen-bond donors (Lipinski definition) is 3. The van der Waals surface area contributed by atoms with E-state index in [0.29, 0.717) is 17.4 Å². The highest BCUT2D eigenvalue weighted by atomic mass is 32.1. The normalized spacial score (nSPS) is 18.0. The molecule has 3 amide bonds. The number of ether oxygens (including phenoxy) is 2. The van der Waals surface area contributed by atoms with E-state index >= 15 is 0 Å². The lowest BCUT2D eigenvalue weighted by Gasteiger charge is -2.36. The molecule has 2 aliphatic heterocycles. The zero-order valence-corrected chi connectivity index (χ0v) is 42.1. The molecule has 360 valence electrons. The molecule has 0 aliphatic carbocycles. The van der Waals surface area contributed by atoms with Crippen LogP contribution in [0.15, 0.2) is 83.3 Å². The molecule has 2 aliphatic rings. The van der Waals surface area contributed by atoms with Crippen molar-refractivity contribution >= 4 is 52.1 Å². The summed E-state index contributed by atoms with van der Waals surface area (Å²) in [4.78, 5) is 67.6. The summed E-state index contributed by atoms with van der Waals surface area (Å²) in [6, 6.07) is 20.5. The lowest BCUT2D eigenvalue weighted by molar-refractivity contribution is -0.145. The first-order valence-corrected chi connectivity index (χ1v) is 24.7. The van der Waals surface area contributed by atoms with Crippen molar-refractivity contribution in [1.29, 1.82) is 0 Å². The minimum Gasteiger partial charge on any atom is -0.481 e. The quantitative estimate of drug-likeness (QED) is 0.0958. The van der Waals surface area contributed by atoms with E-state index in [9.17, 15) is 24.3 Å². The maximum atomic E-state index is 14.3. The number of thiophene rings is 1. The molecule has 3 N–H and O–H groups in total. The maximum Gasteiger partial charge on any atom is 0.308 e. The number of thiazole rings is 1. The number of carbonyl (C=O) groups excluding carboxylic acids is 4. The van der Waals surface area contributed by atoms with Crippen molar-refractivity contribution < 1.29 is 33.8 Å². The Kier molecular flexibility index (Phi) is 14.0. The zero-order chi connectivity index (χ0) is 49.5. The van der Waals surface area contributed by atoms with Crippen molar-refractivity contribution in [2.24, 2.45) is 10.4 Å². The van der Waals surface area contributed by atoms with E-state index < -0.39 is 53.5 Å². The van der Waals surface area contributed by atoms with Gasteiger partial charge in [0.15, 0.2) is 11.9 Å². The average molecular weight is 971 g/mol. The Bertz CT molecular complexity index is 2910. The number of nitrogens with zero attached hydrogens (tertiary/aromatic N) is 6. The second-order valence-electron chi connectivity index (χ2n) is 18.9. The molecule has 0 radical (unpaired) electrons. The number of amides is 3. The van der Waals surface area contributed by atoms with Gasteiger partial charge in [0.1, 0.15) is 34.7 Å². The molecular formula is C52H58N8O7S2. The predicted octanol–water partition coefficient (Wildman–Crippen LogP) is 7.95. The third-order valence-electron chi connectivity index (χ3n) is 12.9. The Morgan fingerprint density at radius 1 is 0.870 bits per heavy atom. The molecule has 0 spiro atoms. The van der Waals surface area contributed by atoms with Gasteiger partial charge in [-0.2, -0.15) is 0 Å². The first kappa shape index (κ1) is 48.9. The number of carbonyl (C=O) groups is 4. The van der Waals surface area contributed by atoms with E-state index in [0.717, 1.165) is 65.1 Å². The summed E-state index contributed by atoms with van der Waals surface area (Å²) in [5.74, 6) is 0.0299. The van der Waals surface area contributed by atoms with E-state index in [1.54, 1.807) is 41.7 Å². The Labute approximate surface area is 410 Å². The number of methoxy groups -OCH3 is 1. The Balaban J connectivity index is 0.921. The molecule has 6 aromatic rings. The number of aryl methyl sites for hydroxylation is 3. The first-order chi connectivity index (χ1) is 32.8. The minimum atomic E-state index is -1.02. The summed E-state index contributed by atoms with van der Waals surface area (Å²) in [7, 11) is 1.36. The number of hydrogen-bond acceptors (Lipinski definition) is 13. The monoisotopic (exact) mass is 970 g/mol. The molecule has 0 saturated carbocycles. The van der Waals surface area contributed by atoms with Crippen LogP contribution in [0, 0.1) is 33.1 Å². The SMILES string of the molecule is COC(=O)C[C@@H]1N=C(c2ccc(-c3ccc(O[C@H](C)C(=O)N[C@H](C(=O)N4C[C@H](O)C[C@H]4C(=O)N[C@@H](C)c4ccc(-c5scnc5C)cc4)C(C)(C)C)cc3)cc2)c2c(sc(C)c2C)-n2c(C)nnc21. The highest BCUT2D eigenvalue weighted by Crippen LogP contribution is 2.40. The van der Waals surface area contributed by atoms with Gasteiger partial charge in [0.2, 0.25) is 11.8 Å². The van der Waals surface area contributed by atoms with Crippen LogP contribution >= 0.6 is 22.7 Å². The lowest BCUT2D eigenvalue weighted by atomic mass is 9.85. The van der Waals surface area contributed by atoms with Crippen LogP contribution in [0.25, 0.3) is 26.6 Å². The molecule has 1 fully saturated rings. The maximum absolute atomic E-state index is 14.3. The number of esters is 1. The first-order valence-electron chi connectivity index (χ1n) is 23.0. The summed E-state index contributed by atoms with van der Waals surface area (Å²) in [5, 5.41) is 26.5. The van der Waals surface area contributed by atoms with Gasteiger partial charge >= 0.3 is 5.97 Å². The van der Waals surface area contributed by atoms with Crippen molar-refractivity contribution in [3.63, 3.8) is 0 Å². The Morgan fingerprint density at radius 2 is 1.51 bits per heavy atom. The molecule has 5 heterocycles. The van der Waals surface area contributed by atoms with Gasteiger partial charge in [-0.15, -0.1) is 32.9 Å². The molecule has 17 heteroatoms. The number of aromatic nitrogens is 4. The largest absolute Gasteiger partial charge is 0.481 e. The van der Waals surface area contributed by atoms with E-state index in [1.807, 2.05) is 112 Å². The van der Waals surface area contributed by atoms with Gasteiger partial charge in [-0.1, -0.05) is 81.4 Å². The molecule has 3 aromatic heterocycles. The number of rotatable bonds is 13. The van der Waals surface area contributed by atoms with E-state index in [4.69, 9.17) is 14.5 Å². The van der Waals surface area contributed by atoms with E-state index in [2.05, 4.69) is 39.7 Å². The van der Waals surface area contributed by atoms with Crippen LogP contribution in [-0.2, 0) is 23.9 Å². The Morgan fingerprint density at radius 3 is 2.13 bits per heavy atom. The number of aliphatic hydroxyl groups is 1. The third-order valence-corrected chi connectivity index (χ3v) is 15.1. The molecule has 0 bridgehead atoms. The van der Waals surface area contributed by atoms with E-state index in [-0.39, 0.29) is 31.3 Å². The summed E-state index contributed by atoms with van der Waals surface area (Å²) in [6.45, 7) is 17.0. The fourth-order valence-corrected chi connectivity index (χ4v) is 10.9. The molecular weight excluding hydrogens is 913 g/mol. The fourth-order valence-electron chi connectivity index (χ4n) is 8.85. The second-order valence-corrected chi connectivity index (χ2v) is 20.9. The van der Waals surface area contributed by atoms with E-state index in [1.165, 1.54) is 12.0 Å². The van der Waals surface area contributed by atoms with Crippen LogP contribution in [0.1, 0.15) is 104 Å². The average Bonchev–Trinajstić information content (AvgIpc) is 4.09. The number of nitrogens with one attached hydrogen (secondary N) is 2. The summed E-state index contributed by atoms with van der Waals surface area (Å²) in [5.41, 5.74) is 9.55. The fraction of sp³-hybridized carbons (Fsp3) is 0.385. The molecule has 6 atom stereocenters. The van der Waals surface area contributed by atoms with Gasteiger partial charge in [0.05, 0.1) is 47.5 Å². The van der Waals surface area contributed by atoms with Crippen LogP contribution in [-0.4, -0.2) is 97.1 Å². The number of fused-ring (bicyclic) bond motifs is 3. The molecule has 8 rings (SSSR count). The number of β-amino-alcohol motifs (C(OH)–C–C–N with tert-alkyl or cyclic N) is 1. The second kappa shape index (κ2) is 19.8. The Hall–Kier alpha value is -6.56. The van der Waals surface area contributed by atoms with Gasteiger partial charge in [-0.05, 0) is 86.9 Å². The third kappa shape index (κ3) is 10.1. The van der Waals surface area contributed by atoms with Crippen LogP contribution in [0.4, 0.5) is 0 Å². The van der Waals surface area contributed by atoms with Crippen LogP contribution in [0.3, 0.4) is 0 Å². The van der Waals surface area contributed by atoms with Crippen LogP contribution in [0.2, 0.25) is 0 Å². The highest BCUT2D eigenvalue weighted by molar-refractivity contribution is 7.15. The van der Waals surface area contributed by atoms with Gasteiger partial charge in [-0.25, -0.2) is 4.98 Å². The summed E-state index contributed by atoms with van der Waals surface area (Å²) >= 11 is 3.22. The van der Waals surface area contributed by atoms with Crippen molar-refractivity contribution in [3.05, 3.63) is 123 Å². The number of benzene rings is 3. The lowest BCUT2D eigenvalue weighted by Crippen LogP contribution is -2.59. The van der Waals surface area contributed by atoms with Crippen molar-refractivity contribution in [2.75, 3.05) is 13.7 Å². The van der Waals surface area contributed by atoms with Crippen molar-refractivity contribution in [3.8, 4) is 32.3 Å². The van der Waals surface area contributed by atoms with Gasteiger partial charge < -0.3 is 30.1 Å². The molecule has 1 saturated heterocycles. The molecule has 0 unspecified atom stereocenters. The standard InChI is InChI=1S/C52H58N8O7S2/c1-27-31(5)69-51-43(27)44(55-40(24-42(62)66-10)47-58-57-32(6)60(47)51)36-15-13-34(14-16-36)35-19-21-39(22-20-35)67-30(4)48(63)56-46(52(7,8)9)50(65)59-25-38(61)23-41(59)49(64)54-28(2)33-11-17-37(18-12-33)45-29(3)53-26-68-45/h11-22,26,28,30,38,40-41,46,61H,23-25H2,1-10H3,(H,54,64)(H,56,63)/t28-,30+,38+,40-,41-,46+/m0/s1. The van der Waals surface area contributed by atoms with Crippen LogP contribution < -0.4 is 15.4 Å². The molecule has 15 nitrogen and oxygen atoms in total. The van der Waals surface area contributed by atoms with Crippen molar-refractivity contribution in [1.82, 2.24) is 35.3 Å². The number of aliphatic imine (C=N–C) groups is 1. The molecule has 3 aromatic carbocycles. The number of likely N-dealkylation sites (tertiary alicyclic amines) is 1. The summed E-state index contributed by atoms with van der Waals surface area (Å²) in [6.07, 6.45) is -1.78. The highest BCUT2D eigenvalue weighted by Gasteiger charge is 2.45. The van der Waals surface area contributed by atoms with Gasteiger partial charge in [0.25, 0.3) is 5.91 Å². The number of aliphatic hydroxyl groups excluding tert-OH is 1. The minimum absolute atomic E-state index is 0.0174. The summed E-state index contributed by atoms with van der Waals surface area (Å²) < 4.78 is 13.1. The smallest absolute Gasteiger partial charge is 0.308 e. The predicted molar refractivity (Wildman–Crippen MR) is 267 cm³/mol. The van der Waals surface area contributed by atoms with Crippen LogP contribution in [0.5, 0.6) is 5.75 Å². The van der Waals surface area contributed by atoms with Crippen molar-refractivity contribution in [2.45, 2.75) is 112 Å². The van der Waals surface area contributed by atoms with Gasteiger partial charge in [-0.3, -0.25) is 28.7 Å². The molecule has 69 heavy (non-hydrogen) atoms.